The number of rotatable bonds is 3. The quantitative estimate of drug-likeness (QED) is 0.564. The molecule has 0 spiro atoms. The monoisotopic (exact) mass is 271 g/mol. The maximum atomic E-state index is 4.50. The van der Waals surface area contributed by atoms with Gasteiger partial charge in [0.15, 0.2) is 0 Å². The van der Waals surface area contributed by atoms with Crippen LogP contribution in [0.2, 0.25) is 0 Å². The maximum absolute atomic E-state index is 4.50. The first kappa shape index (κ1) is 13.3. The SMILES string of the molecule is Cc1ccc(N=Cc2ccc(-c3ccccc3)cc2)cc1. The highest BCUT2D eigenvalue weighted by molar-refractivity contribution is 5.83. The minimum Gasteiger partial charge on any atom is -0.256 e. The molecule has 3 aromatic rings. The van der Waals surface area contributed by atoms with E-state index in [2.05, 4.69) is 72.6 Å². The number of benzene rings is 3. The molecule has 21 heavy (non-hydrogen) atoms. The van der Waals surface area contributed by atoms with E-state index in [4.69, 9.17) is 0 Å². The summed E-state index contributed by atoms with van der Waals surface area (Å²) in [4.78, 5) is 4.50. The Morgan fingerprint density at radius 3 is 1.95 bits per heavy atom. The van der Waals surface area contributed by atoms with E-state index in [-0.39, 0.29) is 0 Å². The Kier molecular flexibility index (Phi) is 3.92. The zero-order valence-corrected chi connectivity index (χ0v) is 12.0. The Labute approximate surface area is 125 Å². The second-order valence-electron chi connectivity index (χ2n) is 5.08. The Morgan fingerprint density at radius 2 is 1.29 bits per heavy atom. The molecule has 0 amide bonds. The molecule has 3 rings (SSSR count). The van der Waals surface area contributed by atoms with Gasteiger partial charge in [-0.15, -0.1) is 0 Å². The van der Waals surface area contributed by atoms with Crippen LogP contribution in [0.15, 0.2) is 83.9 Å². The van der Waals surface area contributed by atoms with Gasteiger partial charge in [0.05, 0.1) is 5.69 Å². The van der Waals surface area contributed by atoms with Crippen molar-refractivity contribution in [3.63, 3.8) is 0 Å². The molecule has 0 aliphatic heterocycles. The van der Waals surface area contributed by atoms with Crippen molar-refractivity contribution in [2.45, 2.75) is 6.92 Å². The molecule has 102 valence electrons. The van der Waals surface area contributed by atoms with E-state index in [0.717, 1.165) is 11.3 Å². The zero-order valence-electron chi connectivity index (χ0n) is 12.0. The van der Waals surface area contributed by atoms with Gasteiger partial charge in [0.25, 0.3) is 0 Å². The van der Waals surface area contributed by atoms with Crippen LogP contribution in [-0.4, -0.2) is 6.21 Å². The fraction of sp³-hybridized carbons (Fsp3) is 0.0500. The molecule has 0 N–H and O–H groups in total. The molecular formula is C20H17N. The molecule has 1 nitrogen and oxygen atoms in total. The normalized spacial score (nSPS) is 10.9. The predicted molar refractivity (Wildman–Crippen MR) is 90.3 cm³/mol. The van der Waals surface area contributed by atoms with Gasteiger partial charge >= 0.3 is 0 Å². The average Bonchev–Trinajstić information content (AvgIpc) is 2.56. The van der Waals surface area contributed by atoms with E-state index in [1.54, 1.807) is 0 Å². The molecule has 0 bridgehead atoms. The van der Waals surface area contributed by atoms with Crippen LogP contribution in [0.4, 0.5) is 5.69 Å². The second-order valence-corrected chi connectivity index (χ2v) is 5.08. The summed E-state index contributed by atoms with van der Waals surface area (Å²) < 4.78 is 0. The standard InChI is InChI=1S/C20H17N/c1-16-7-13-20(14-8-16)21-15-17-9-11-19(12-10-17)18-5-3-2-4-6-18/h2-15H,1H3. The van der Waals surface area contributed by atoms with Gasteiger partial charge in [0, 0.05) is 6.21 Å². The summed E-state index contributed by atoms with van der Waals surface area (Å²) in [5.74, 6) is 0. The molecule has 1 heteroatoms. The van der Waals surface area contributed by atoms with Gasteiger partial charge in [0.2, 0.25) is 0 Å². The van der Waals surface area contributed by atoms with Crippen LogP contribution in [0.3, 0.4) is 0 Å². The van der Waals surface area contributed by atoms with Crippen molar-refractivity contribution in [1.82, 2.24) is 0 Å². The average molecular weight is 271 g/mol. The third-order valence-corrected chi connectivity index (χ3v) is 3.41. The molecule has 0 saturated heterocycles. The number of hydrogen-bond donors (Lipinski definition) is 0. The molecule has 0 aromatic heterocycles. The number of nitrogens with zero attached hydrogens (tertiary/aromatic N) is 1. The van der Waals surface area contributed by atoms with E-state index >= 15 is 0 Å². The number of aliphatic imine (C=N–C) groups is 1. The third kappa shape index (κ3) is 3.46. The zero-order chi connectivity index (χ0) is 14.5. The first-order valence-electron chi connectivity index (χ1n) is 7.07. The summed E-state index contributed by atoms with van der Waals surface area (Å²) in [5, 5.41) is 0. The van der Waals surface area contributed by atoms with Crippen LogP contribution in [0.1, 0.15) is 11.1 Å². The van der Waals surface area contributed by atoms with Gasteiger partial charge in [-0.1, -0.05) is 72.3 Å². The van der Waals surface area contributed by atoms with E-state index in [1.165, 1.54) is 16.7 Å². The smallest absolute Gasteiger partial charge is 0.0630 e. The molecule has 0 aliphatic rings. The van der Waals surface area contributed by atoms with Crippen molar-refractivity contribution in [1.29, 1.82) is 0 Å². The van der Waals surface area contributed by atoms with Crippen molar-refractivity contribution in [3.05, 3.63) is 90.0 Å². The molecule has 0 saturated carbocycles. The van der Waals surface area contributed by atoms with Crippen LogP contribution in [-0.2, 0) is 0 Å². The lowest BCUT2D eigenvalue weighted by Crippen LogP contribution is -1.82. The largest absolute Gasteiger partial charge is 0.256 e. The van der Waals surface area contributed by atoms with Gasteiger partial charge < -0.3 is 0 Å². The van der Waals surface area contributed by atoms with Crippen molar-refractivity contribution in [3.8, 4) is 11.1 Å². The third-order valence-electron chi connectivity index (χ3n) is 3.41. The Bertz CT molecular complexity index is 723. The summed E-state index contributed by atoms with van der Waals surface area (Å²) in [6.45, 7) is 2.08. The lowest BCUT2D eigenvalue weighted by molar-refractivity contribution is 1.44. The minimum absolute atomic E-state index is 0.979. The Morgan fingerprint density at radius 1 is 0.667 bits per heavy atom. The maximum Gasteiger partial charge on any atom is 0.0630 e. The van der Waals surface area contributed by atoms with Gasteiger partial charge in [-0.25, -0.2) is 0 Å². The highest BCUT2D eigenvalue weighted by Gasteiger charge is 1.96. The van der Waals surface area contributed by atoms with Crippen molar-refractivity contribution in [2.24, 2.45) is 4.99 Å². The van der Waals surface area contributed by atoms with Crippen LogP contribution in [0, 0.1) is 6.92 Å². The van der Waals surface area contributed by atoms with E-state index in [9.17, 15) is 0 Å². The molecule has 0 fully saturated rings. The lowest BCUT2D eigenvalue weighted by atomic mass is 10.0. The first-order chi connectivity index (χ1) is 10.3. The van der Waals surface area contributed by atoms with Crippen LogP contribution in [0.5, 0.6) is 0 Å². The highest BCUT2D eigenvalue weighted by atomic mass is 14.7. The van der Waals surface area contributed by atoms with E-state index in [0.29, 0.717) is 0 Å². The fourth-order valence-corrected chi connectivity index (χ4v) is 2.17. The van der Waals surface area contributed by atoms with Crippen LogP contribution >= 0.6 is 0 Å². The van der Waals surface area contributed by atoms with Crippen molar-refractivity contribution >= 4 is 11.9 Å². The second kappa shape index (κ2) is 6.19. The molecule has 0 unspecified atom stereocenters. The summed E-state index contributed by atoms with van der Waals surface area (Å²) in [7, 11) is 0. The Hall–Kier alpha value is -2.67. The fourth-order valence-electron chi connectivity index (χ4n) is 2.17. The Balaban J connectivity index is 1.77. The number of aryl methyl sites for hydroxylation is 1. The summed E-state index contributed by atoms with van der Waals surface area (Å²) in [6.07, 6.45) is 1.90. The van der Waals surface area contributed by atoms with Gasteiger partial charge in [-0.05, 0) is 35.7 Å². The van der Waals surface area contributed by atoms with Gasteiger partial charge in [-0.3, -0.25) is 4.99 Å². The first-order valence-corrected chi connectivity index (χ1v) is 7.07. The minimum atomic E-state index is 0.979. The summed E-state index contributed by atoms with van der Waals surface area (Å²) in [6, 6.07) is 27.1. The van der Waals surface area contributed by atoms with Gasteiger partial charge in [0.1, 0.15) is 0 Å². The van der Waals surface area contributed by atoms with E-state index in [1.807, 2.05) is 24.4 Å². The van der Waals surface area contributed by atoms with Gasteiger partial charge in [-0.2, -0.15) is 0 Å². The molecule has 0 heterocycles. The molecule has 0 aliphatic carbocycles. The van der Waals surface area contributed by atoms with E-state index < -0.39 is 0 Å². The van der Waals surface area contributed by atoms with Crippen molar-refractivity contribution in [2.75, 3.05) is 0 Å². The summed E-state index contributed by atoms with van der Waals surface area (Å²) in [5.41, 5.74) is 5.80. The van der Waals surface area contributed by atoms with Crippen molar-refractivity contribution < 1.29 is 0 Å². The molecule has 3 aromatic carbocycles. The molecule has 0 atom stereocenters. The highest BCUT2D eigenvalue weighted by Crippen LogP contribution is 2.19. The van der Waals surface area contributed by atoms with Crippen LogP contribution in [0.25, 0.3) is 11.1 Å². The lowest BCUT2D eigenvalue weighted by Gasteiger charge is -2.01. The molecular weight excluding hydrogens is 254 g/mol. The predicted octanol–water partition coefficient (Wildman–Crippen LogP) is 5.41. The number of hydrogen-bond acceptors (Lipinski definition) is 1. The summed E-state index contributed by atoms with van der Waals surface area (Å²) >= 11 is 0. The molecule has 0 radical (unpaired) electrons. The topological polar surface area (TPSA) is 12.4 Å². The van der Waals surface area contributed by atoms with Crippen LogP contribution < -0.4 is 0 Å².